The third-order valence-electron chi connectivity index (χ3n) is 2.52. The number of amides is 1. The van der Waals surface area contributed by atoms with E-state index in [4.69, 9.17) is 0 Å². The maximum Gasteiger partial charge on any atom is 0.411 e. The molecular weight excluding hydrogens is 273 g/mol. The van der Waals surface area contributed by atoms with Crippen LogP contribution in [0.4, 0.5) is 13.2 Å². The van der Waals surface area contributed by atoms with Gasteiger partial charge in [0.15, 0.2) is 0 Å². The van der Waals surface area contributed by atoms with E-state index in [9.17, 15) is 18.0 Å². The van der Waals surface area contributed by atoms with Crippen LogP contribution in [0.1, 0.15) is 12.8 Å². The minimum atomic E-state index is -4.31. The second-order valence-corrected chi connectivity index (χ2v) is 3.98. The molecule has 8 heteroatoms. The van der Waals surface area contributed by atoms with Gasteiger partial charge in [-0.2, -0.15) is 13.2 Å². The Kier molecular flexibility index (Phi) is 8.30. The first kappa shape index (κ1) is 17.5. The summed E-state index contributed by atoms with van der Waals surface area (Å²) in [6.45, 7) is 0.358. The van der Waals surface area contributed by atoms with Crippen molar-refractivity contribution in [1.29, 1.82) is 0 Å². The normalized spacial score (nSPS) is 17.1. The van der Waals surface area contributed by atoms with E-state index in [1.807, 2.05) is 0 Å². The number of alkyl halides is 3. The standard InChI is InChI=1S/C10H17F3N2O2.ClH/c11-10(12,13)7-17-6-5-15-9(16)8-1-3-14-4-2-8;/h8,14H,1-7H2,(H,15,16);1H. The summed E-state index contributed by atoms with van der Waals surface area (Å²) in [4.78, 5) is 11.5. The average Bonchev–Trinajstić information content (AvgIpc) is 2.28. The van der Waals surface area contributed by atoms with Crippen LogP contribution >= 0.6 is 12.4 Å². The molecule has 1 aliphatic heterocycles. The average molecular weight is 291 g/mol. The fourth-order valence-electron chi connectivity index (χ4n) is 1.66. The highest BCUT2D eigenvalue weighted by atomic mass is 35.5. The molecule has 1 rings (SSSR count). The Labute approximate surface area is 110 Å². The maximum absolute atomic E-state index is 11.7. The summed E-state index contributed by atoms with van der Waals surface area (Å²) < 4.78 is 39.5. The van der Waals surface area contributed by atoms with E-state index >= 15 is 0 Å². The summed E-state index contributed by atoms with van der Waals surface area (Å²) in [5.41, 5.74) is 0. The van der Waals surface area contributed by atoms with Crippen molar-refractivity contribution >= 4 is 18.3 Å². The van der Waals surface area contributed by atoms with Gasteiger partial charge in [-0.3, -0.25) is 4.79 Å². The van der Waals surface area contributed by atoms with Gasteiger partial charge in [0.2, 0.25) is 5.91 Å². The lowest BCUT2D eigenvalue weighted by Crippen LogP contribution is -2.39. The van der Waals surface area contributed by atoms with Gasteiger partial charge in [-0.15, -0.1) is 12.4 Å². The minimum absolute atomic E-state index is 0. The fourth-order valence-corrected chi connectivity index (χ4v) is 1.66. The van der Waals surface area contributed by atoms with E-state index in [1.165, 1.54) is 0 Å². The van der Waals surface area contributed by atoms with Crippen LogP contribution in [0.25, 0.3) is 0 Å². The van der Waals surface area contributed by atoms with Gasteiger partial charge < -0.3 is 15.4 Å². The van der Waals surface area contributed by atoms with Crippen LogP contribution in [-0.2, 0) is 9.53 Å². The molecule has 1 aliphatic rings. The van der Waals surface area contributed by atoms with Crippen LogP contribution < -0.4 is 10.6 Å². The number of ether oxygens (including phenoxy) is 1. The Morgan fingerprint density at radius 1 is 1.33 bits per heavy atom. The van der Waals surface area contributed by atoms with Crippen LogP contribution in [-0.4, -0.2) is 44.9 Å². The zero-order valence-electron chi connectivity index (χ0n) is 9.89. The molecule has 0 spiro atoms. The zero-order chi connectivity index (χ0) is 12.7. The molecule has 4 nitrogen and oxygen atoms in total. The highest BCUT2D eigenvalue weighted by Crippen LogP contribution is 2.14. The fraction of sp³-hybridized carbons (Fsp3) is 0.900. The van der Waals surface area contributed by atoms with Gasteiger partial charge in [0, 0.05) is 12.5 Å². The summed E-state index contributed by atoms with van der Waals surface area (Å²) in [6, 6.07) is 0. The van der Waals surface area contributed by atoms with Gasteiger partial charge in [0.1, 0.15) is 6.61 Å². The molecule has 0 bridgehead atoms. The number of nitrogens with one attached hydrogen (secondary N) is 2. The molecule has 1 amide bonds. The van der Waals surface area contributed by atoms with Gasteiger partial charge in [0.25, 0.3) is 0 Å². The lowest BCUT2D eigenvalue weighted by atomic mass is 9.97. The summed E-state index contributed by atoms with van der Waals surface area (Å²) in [5.74, 6) is -0.124. The molecule has 0 aliphatic carbocycles. The first-order chi connectivity index (χ1) is 7.99. The van der Waals surface area contributed by atoms with E-state index < -0.39 is 12.8 Å². The van der Waals surface area contributed by atoms with Crippen molar-refractivity contribution in [2.24, 2.45) is 5.92 Å². The predicted molar refractivity (Wildman–Crippen MR) is 62.7 cm³/mol. The van der Waals surface area contributed by atoms with Crippen LogP contribution in [0.5, 0.6) is 0 Å². The third kappa shape index (κ3) is 7.73. The molecule has 0 aromatic heterocycles. The second kappa shape index (κ2) is 8.55. The van der Waals surface area contributed by atoms with E-state index in [2.05, 4.69) is 15.4 Å². The summed E-state index contributed by atoms with van der Waals surface area (Å²) in [5, 5.41) is 5.71. The monoisotopic (exact) mass is 290 g/mol. The molecule has 0 radical (unpaired) electrons. The molecule has 0 saturated carbocycles. The van der Waals surface area contributed by atoms with Crippen LogP contribution in [0.15, 0.2) is 0 Å². The lowest BCUT2D eigenvalue weighted by Gasteiger charge is -2.21. The van der Waals surface area contributed by atoms with Crippen molar-refractivity contribution in [3.63, 3.8) is 0 Å². The lowest BCUT2D eigenvalue weighted by molar-refractivity contribution is -0.173. The Bertz CT molecular complexity index is 246. The van der Waals surface area contributed by atoms with E-state index in [1.54, 1.807) is 0 Å². The number of halogens is 4. The number of piperidine rings is 1. The van der Waals surface area contributed by atoms with Crippen molar-refractivity contribution in [3.8, 4) is 0 Å². The molecule has 0 unspecified atom stereocenters. The molecule has 18 heavy (non-hydrogen) atoms. The van der Waals surface area contributed by atoms with Gasteiger partial charge in [-0.05, 0) is 25.9 Å². The van der Waals surface area contributed by atoms with Gasteiger partial charge in [-0.1, -0.05) is 0 Å². The minimum Gasteiger partial charge on any atom is -0.370 e. The first-order valence-corrected chi connectivity index (χ1v) is 5.62. The smallest absolute Gasteiger partial charge is 0.370 e. The van der Waals surface area contributed by atoms with Crippen LogP contribution in [0, 0.1) is 5.92 Å². The van der Waals surface area contributed by atoms with E-state index in [-0.39, 0.29) is 37.4 Å². The van der Waals surface area contributed by atoms with Crippen molar-refractivity contribution in [2.45, 2.75) is 19.0 Å². The van der Waals surface area contributed by atoms with Crippen molar-refractivity contribution < 1.29 is 22.7 Å². The van der Waals surface area contributed by atoms with Crippen molar-refractivity contribution in [2.75, 3.05) is 32.8 Å². The van der Waals surface area contributed by atoms with E-state index in [0.717, 1.165) is 25.9 Å². The number of carbonyl (C=O) groups is 1. The topological polar surface area (TPSA) is 50.4 Å². The molecule has 1 saturated heterocycles. The highest BCUT2D eigenvalue weighted by molar-refractivity contribution is 5.85. The van der Waals surface area contributed by atoms with Gasteiger partial charge >= 0.3 is 6.18 Å². The second-order valence-electron chi connectivity index (χ2n) is 3.98. The highest BCUT2D eigenvalue weighted by Gasteiger charge is 2.27. The SMILES string of the molecule is Cl.O=C(NCCOCC(F)(F)F)C1CCNCC1. The number of hydrogen-bond acceptors (Lipinski definition) is 3. The quantitative estimate of drug-likeness (QED) is 0.746. The Hall–Kier alpha value is -0.530. The first-order valence-electron chi connectivity index (χ1n) is 5.62. The Morgan fingerprint density at radius 3 is 2.50 bits per heavy atom. The van der Waals surface area contributed by atoms with E-state index in [0.29, 0.717) is 0 Å². The van der Waals surface area contributed by atoms with Crippen LogP contribution in [0.3, 0.4) is 0 Å². The predicted octanol–water partition coefficient (Wildman–Crippen LogP) is 1.10. The molecule has 1 fully saturated rings. The Balaban J connectivity index is 0.00000289. The molecule has 2 N–H and O–H groups in total. The molecule has 0 aromatic carbocycles. The summed E-state index contributed by atoms with van der Waals surface area (Å²) in [7, 11) is 0. The third-order valence-corrected chi connectivity index (χ3v) is 2.52. The molecule has 0 atom stereocenters. The van der Waals surface area contributed by atoms with Crippen LogP contribution in [0.2, 0.25) is 0 Å². The summed E-state index contributed by atoms with van der Waals surface area (Å²) in [6.07, 6.45) is -2.76. The van der Waals surface area contributed by atoms with Gasteiger partial charge in [0.05, 0.1) is 6.61 Å². The van der Waals surface area contributed by atoms with Crippen molar-refractivity contribution in [1.82, 2.24) is 10.6 Å². The zero-order valence-corrected chi connectivity index (χ0v) is 10.7. The number of rotatable bonds is 5. The molecular formula is C10H18ClF3N2O2. The Morgan fingerprint density at radius 2 is 1.94 bits per heavy atom. The number of hydrogen-bond donors (Lipinski definition) is 2. The maximum atomic E-state index is 11.7. The molecule has 1 heterocycles. The molecule has 0 aromatic rings. The van der Waals surface area contributed by atoms with Gasteiger partial charge in [-0.25, -0.2) is 0 Å². The molecule has 108 valence electrons. The van der Waals surface area contributed by atoms with Crippen molar-refractivity contribution in [3.05, 3.63) is 0 Å². The summed E-state index contributed by atoms with van der Waals surface area (Å²) >= 11 is 0. The number of carbonyl (C=O) groups excluding carboxylic acids is 1. The largest absolute Gasteiger partial charge is 0.411 e.